The third-order valence-electron chi connectivity index (χ3n) is 1.92. The molecular weight excluding hydrogens is 312 g/mol. The molecule has 8 heteroatoms. The summed E-state index contributed by atoms with van der Waals surface area (Å²) in [6.45, 7) is 0. The number of alkyl halides is 4. The number of hydrogen-bond donors (Lipinski definition) is 0. The molecule has 1 aliphatic heterocycles. The molecule has 0 radical (unpaired) electrons. The summed E-state index contributed by atoms with van der Waals surface area (Å²) >= 11 is 23.1. The fourth-order valence-corrected chi connectivity index (χ4v) is 1.66. The number of fused-ring (bicyclic) bond motifs is 1. The molecule has 0 amide bonds. The minimum Gasteiger partial charge on any atom is -0.448 e. The Morgan fingerprint density at radius 1 is 1.06 bits per heavy atom. The largest absolute Gasteiger partial charge is 0.448 e. The number of nitrogens with zero attached hydrogens (tertiary/aromatic N) is 1. The lowest BCUT2D eigenvalue weighted by Crippen LogP contribution is -2.48. The van der Waals surface area contributed by atoms with Crippen molar-refractivity contribution in [2.75, 3.05) is 0 Å². The number of benzene rings is 1. The third-order valence-corrected chi connectivity index (χ3v) is 3.68. The van der Waals surface area contributed by atoms with E-state index >= 15 is 0 Å². The van der Waals surface area contributed by atoms with Crippen molar-refractivity contribution in [3.63, 3.8) is 0 Å². The Bertz CT molecular complexity index is 511. The predicted octanol–water partition coefficient (Wildman–Crippen LogP) is 3.69. The van der Waals surface area contributed by atoms with Crippen LogP contribution in [0, 0.1) is 0 Å². The third kappa shape index (κ3) is 2.32. The molecule has 0 aromatic heterocycles. The van der Waals surface area contributed by atoms with Crippen molar-refractivity contribution in [3.8, 4) is 11.5 Å². The van der Waals surface area contributed by atoms with Crippen LogP contribution in [0.2, 0.25) is 0 Å². The van der Waals surface area contributed by atoms with Crippen molar-refractivity contribution >= 4 is 58.2 Å². The number of ether oxygens (including phenoxy) is 2. The summed E-state index contributed by atoms with van der Waals surface area (Å²) in [5.74, 6) is 0.403. The van der Waals surface area contributed by atoms with Crippen molar-refractivity contribution in [2.45, 2.75) is 9.04 Å². The predicted molar refractivity (Wildman–Crippen MR) is 64.4 cm³/mol. The highest BCUT2D eigenvalue weighted by atomic mass is 35.5. The first kappa shape index (κ1) is 12.8. The van der Waals surface area contributed by atoms with Gasteiger partial charge in [0.2, 0.25) is 6.08 Å². The highest BCUT2D eigenvalue weighted by Gasteiger charge is 2.56. The van der Waals surface area contributed by atoms with Crippen LogP contribution in [0.4, 0.5) is 5.69 Å². The fourth-order valence-electron chi connectivity index (χ4n) is 1.18. The molecule has 0 saturated heterocycles. The van der Waals surface area contributed by atoms with Crippen LogP contribution in [0.5, 0.6) is 11.5 Å². The first-order valence-corrected chi connectivity index (χ1v) is 5.72. The molecule has 0 aliphatic carbocycles. The summed E-state index contributed by atoms with van der Waals surface area (Å²) in [5, 5.41) is 0. The Hall–Kier alpha value is -0.640. The maximum absolute atomic E-state index is 10.1. The second-order valence-electron chi connectivity index (χ2n) is 3.07. The summed E-state index contributed by atoms with van der Waals surface area (Å²) in [7, 11) is 0. The summed E-state index contributed by atoms with van der Waals surface area (Å²) in [5.41, 5.74) is 0.308. The Kier molecular flexibility index (Phi) is 3.19. The number of aliphatic imine (C=N–C) groups is 1. The minimum absolute atomic E-state index is 0.170. The molecule has 0 atom stereocenters. The van der Waals surface area contributed by atoms with Crippen molar-refractivity contribution in [3.05, 3.63) is 18.2 Å². The van der Waals surface area contributed by atoms with E-state index in [1.165, 1.54) is 24.3 Å². The molecule has 0 bridgehead atoms. The maximum atomic E-state index is 10.1. The Balaban J connectivity index is 2.46. The average Bonchev–Trinajstić information content (AvgIpc) is 2.20. The van der Waals surface area contributed by atoms with Crippen molar-refractivity contribution in [1.29, 1.82) is 0 Å². The topological polar surface area (TPSA) is 47.9 Å². The van der Waals surface area contributed by atoms with Crippen molar-refractivity contribution in [1.82, 2.24) is 0 Å². The van der Waals surface area contributed by atoms with Crippen LogP contribution in [0.25, 0.3) is 0 Å². The molecule has 4 nitrogen and oxygen atoms in total. The number of isocyanates is 1. The Morgan fingerprint density at radius 3 is 2.24 bits per heavy atom. The molecule has 1 aromatic rings. The van der Waals surface area contributed by atoms with Crippen LogP contribution in [0.1, 0.15) is 0 Å². The van der Waals surface area contributed by atoms with Gasteiger partial charge in [0.25, 0.3) is 0 Å². The van der Waals surface area contributed by atoms with Gasteiger partial charge in [0, 0.05) is 6.07 Å². The SMILES string of the molecule is O=C=Nc1ccc2c(c1)OC(Cl)(Cl)C(Cl)(Cl)O2. The number of hydrogen-bond acceptors (Lipinski definition) is 4. The van der Waals surface area contributed by atoms with Gasteiger partial charge in [-0.05, 0) is 12.1 Å². The van der Waals surface area contributed by atoms with Crippen molar-refractivity contribution in [2.24, 2.45) is 4.99 Å². The van der Waals surface area contributed by atoms with Crippen LogP contribution in [-0.4, -0.2) is 15.1 Å². The van der Waals surface area contributed by atoms with Gasteiger partial charge in [0.1, 0.15) is 0 Å². The molecule has 1 aromatic carbocycles. The average molecular weight is 315 g/mol. The van der Waals surface area contributed by atoms with E-state index in [9.17, 15) is 4.79 Å². The molecule has 1 heterocycles. The van der Waals surface area contributed by atoms with Gasteiger partial charge < -0.3 is 9.47 Å². The molecule has 0 unspecified atom stereocenters. The number of rotatable bonds is 1. The molecule has 0 fully saturated rings. The summed E-state index contributed by atoms with van der Waals surface area (Å²) in [6, 6.07) is 4.35. The zero-order valence-electron chi connectivity index (χ0n) is 7.92. The number of halogens is 4. The van der Waals surface area contributed by atoms with E-state index in [2.05, 4.69) is 4.99 Å². The van der Waals surface area contributed by atoms with Crippen LogP contribution >= 0.6 is 46.4 Å². The van der Waals surface area contributed by atoms with Gasteiger partial charge in [-0.2, -0.15) is 4.99 Å². The van der Waals surface area contributed by atoms with Gasteiger partial charge in [-0.3, -0.25) is 0 Å². The standard InChI is InChI=1S/C9H3Cl4NO3/c10-8(11)9(12,13)17-7-3-5(14-4-15)1-2-6(7)16-8/h1-3H. The minimum atomic E-state index is -1.98. The molecular formula is C9H3Cl4NO3. The molecule has 0 N–H and O–H groups in total. The maximum Gasteiger partial charge on any atom is 0.329 e. The molecule has 2 rings (SSSR count). The lowest BCUT2D eigenvalue weighted by Gasteiger charge is -2.37. The monoisotopic (exact) mass is 313 g/mol. The van der Waals surface area contributed by atoms with E-state index in [1.54, 1.807) is 0 Å². The van der Waals surface area contributed by atoms with Crippen LogP contribution in [-0.2, 0) is 4.79 Å². The Labute approximate surface area is 116 Å². The van der Waals surface area contributed by atoms with Gasteiger partial charge >= 0.3 is 9.04 Å². The van der Waals surface area contributed by atoms with Crippen LogP contribution < -0.4 is 9.47 Å². The lowest BCUT2D eigenvalue weighted by atomic mass is 10.2. The van der Waals surface area contributed by atoms with Crippen molar-refractivity contribution < 1.29 is 14.3 Å². The van der Waals surface area contributed by atoms with Gasteiger partial charge in [0.05, 0.1) is 5.69 Å². The van der Waals surface area contributed by atoms with E-state index in [0.717, 1.165) is 0 Å². The highest BCUT2D eigenvalue weighted by molar-refractivity contribution is 6.61. The van der Waals surface area contributed by atoms with Gasteiger partial charge in [-0.15, -0.1) is 0 Å². The highest BCUT2D eigenvalue weighted by Crippen LogP contribution is 2.52. The zero-order chi connectivity index (χ0) is 12.7. The second kappa shape index (κ2) is 4.23. The number of carbonyl (C=O) groups excluding carboxylic acids is 1. The molecule has 0 spiro atoms. The first-order chi connectivity index (χ1) is 7.86. The van der Waals surface area contributed by atoms with Crippen LogP contribution in [0.15, 0.2) is 23.2 Å². The summed E-state index contributed by atoms with van der Waals surface area (Å²) in [6.07, 6.45) is 1.39. The smallest absolute Gasteiger partial charge is 0.329 e. The van der Waals surface area contributed by atoms with Crippen LogP contribution in [0.3, 0.4) is 0 Å². The fraction of sp³-hybridized carbons (Fsp3) is 0.222. The zero-order valence-corrected chi connectivity index (χ0v) is 10.9. The van der Waals surface area contributed by atoms with Gasteiger partial charge in [0.15, 0.2) is 11.5 Å². The Morgan fingerprint density at radius 2 is 1.65 bits per heavy atom. The summed E-state index contributed by atoms with van der Waals surface area (Å²) in [4.78, 5) is 13.5. The molecule has 0 saturated carbocycles. The van der Waals surface area contributed by atoms with E-state index in [-0.39, 0.29) is 11.5 Å². The molecule has 17 heavy (non-hydrogen) atoms. The second-order valence-corrected chi connectivity index (χ2v) is 5.59. The quantitative estimate of drug-likeness (QED) is 0.451. The van der Waals surface area contributed by atoms with E-state index < -0.39 is 9.04 Å². The molecule has 90 valence electrons. The van der Waals surface area contributed by atoms with E-state index in [4.69, 9.17) is 55.9 Å². The van der Waals surface area contributed by atoms with Gasteiger partial charge in [-0.1, -0.05) is 46.4 Å². The summed E-state index contributed by atoms with van der Waals surface area (Å²) < 4.78 is 6.42. The molecule has 1 aliphatic rings. The van der Waals surface area contributed by atoms with E-state index in [1.807, 2.05) is 0 Å². The van der Waals surface area contributed by atoms with Gasteiger partial charge in [-0.25, -0.2) is 4.79 Å². The lowest BCUT2D eigenvalue weighted by molar-refractivity contribution is 0.0638. The normalized spacial score (nSPS) is 19.3. The first-order valence-electron chi connectivity index (χ1n) is 4.21. The van der Waals surface area contributed by atoms with E-state index in [0.29, 0.717) is 5.69 Å².